The molecule has 3 N–H and O–H groups in total. The van der Waals surface area contributed by atoms with E-state index in [2.05, 4.69) is 33.8 Å². The van der Waals surface area contributed by atoms with Crippen LogP contribution in [0.1, 0.15) is 25.7 Å². The summed E-state index contributed by atoms with van der Waals surface area (Å²) in [6.07, 6.45) is 7.14. The second kappa shape index (κ2) is 7.76. The number of amides is 1. The smallest absolute Gasteiger partial charge is 0.222 e. The van der Waals surface area contributed by atoms with Crippen molar-refractivity contribution >= 4 is 18.5 Å². The minimum atomic E-state index is 0.120. The van der Waals surface area contributed by atoms with E-state index in [-0.39, 0.29) is 11.3 Å². The van der Waals surface area contributed by atoms with Crippen molar-refractivity contribution in [1.82, 2.24) is 5.32 Å². The Labute approximate surface area is 108 Å². The molecule has 1 spiro atoms. The SMILES string of the molecule is C=C.O=C1CC2(CC=N/C=N\CN1)CC[NH2+]CC2. The largest absolute Gasteiger partial charge is 0.346 e. The van der Waals surface area contributed by atoms with E-state index in [4.69, 9.17) is 0 Å². The molecule has 0 aliphatic carbocycles. The molecule has 0 radical (unpaired) electrons. The number of piperidine rings is 1. The number of nitrogens with zero attached hydrogens (tertiary/aromatic N) is 2. The average Bonchev–Trinajstić information content (AvgIpc) is 2.41. The second-order valence-corrected chi connectivity index (χ2v) is 4.63. The van der Waals surface area contributed by atoms with Crippen molar-refractivity contribution in [2.75, 3.05) is 19.8 Å². The maximum Gasteiger partial charge on any atom is 0.222 e. The van der Waals surface area contributed by atoms with Gasteiger partial charge in [-0.2, -0.15) is 0 Å². The molecule has 2 aliphatic heterocycles. The predicted molar refractivity (Wildman–Crippen MR) is 73.8 cm³/mol. The normalized spacial score (nSPS) is 24.6. The van der Waals surface area contributed by atoms with Gasteiger partial charge in [-0.1, -0.05) is 0 Å². The topological polar surface area (TPSA) is 70.4 Å². The number of hydrogen-bond acceptors (Lipinski definition) is 3. The van der Waals surface area contributed by atoms with Crippen LogP contribution in [-0.2, 0) is 4.79 Å². The standard InChI is InChI=1S/C11H18N4O.C2H4/c16-10-7-11(1-4-12-5-2-11)3-6-13-8-14-9-15-10;1-2/h6,8,12H,1-5,7,9H2,(H,15,16);1-2H2/p+1/b13-6?,14-8-;. The van der Waals surface area contributed by atoms with Gasteiger partial charge in [0.15, 0.2) is 0 Å². The first-order valence-corrected chi connectivity index (χ1v) is 6.39. The van der Waals surface area contributed by atoms with Gasteiger partial charge in [-0.3, -0.25) is 9.79 Å². The zero-order valence-corrected chi connectivity index (χ0v) is 10.9. The van der Waals surface area contributed by atoms with Crippen LogP contribution in [0.2, 0.25) is 0 Å². The van der Waals surface area contributed by atoms with Gasteiger partial charge < -0.3 is 10.6 Å². The van der Waals surface area contributed by atoms with Crippen molar-refractivity contribution in [2.24, 2.45) is 15.4 Å². The van der Waals surface area contributed by atoms with E-state index in [9.17, 15) is 4.79 Å². The highest BCUT2D eigenvalue weighted by Crippen LogP contribution is 2.34. The van der Waals surface area contributed by atoms with E-state index in [0.29, 0.717) is 13.1 Å². The number of carbonyl (C=O) groups excluding carboxylic acids is 1. The number of hydrogen-bond donors (Lipinski definition) is 2. The molecule has 1 fully saturated rings. The number of quaternary nitrogens is 1. The van der Waals surface area contributed by atoms with Crippen molar-refractivity contribution in [2.45, 2.75) is 25.7 Å². The Morgan fingerprint density at radius 3 is 2.78 bits per heavy atom. The fourth-order valence-corrected chi connectivity index (χ4v) is 2.46. The fraction of sp³-hybridized carbons (Fsp3) is 0.615. The quantitative estimate of drug-likeness (QED) is 0.589. The van der Waals surface area contributed by atoms with E-state index >= 15 is 0 Å². The highest BCUT2D eigenvalue weighted by molar-refractivity contribution is 5.79. The molecule has 0 aromatic carbocycles. The number of carbonyl (C=O) groups is 1. The molecule has 100 valence electrons. The lowest BCUT2D eigenvalue weighted by Crippen LogP contribution is -2.87. The Balaban J connectivity index is 0.000000771. The van der Waals surface area contributed by atoms with Crippen LogP contribution in [0, 0.1) is 5.41 Å². The van der Waals surface area contributed by atoms with Gasteiger partial charge in [-0.25, -0.2) is 4.99 Å². The summed E-state index contributed by atoms with van der Waals surface area (Å²) in [5, 5.41) is 5.12. The molecule has 2 aliphatic rings. The van der Waals surface area contributed by atoms with E-state index in [0.717, 1.165) is 32.4 Å². The van der Waals surface area contributed by atoms with Gasteiger partial charge >= 0.3 is 0 Å². The molecule has 1 saturated heterocycles. The van der Waals surface area contributed by atoms with Crippen molar-refractivity contribution in [1.29, 1.82) is 0 Å². The first kappa shape index (κ1) is 14.6. The van der Waals surface area contributed by atoms with Crippen LogP contribution < -0.4 is 10.6 Å². The first-order valence-electron chi connectivity index (χ1n) is 6.39. The highest BCUT2D eigenvalue weighted by atomic mass is 16.1. The zero-order chi connectivity index (χ0) is 13.3. The molecule has 0 saturated carbocycles. The maximum absolute atomic E-state index is 11.7. The molecular weight excluding hydrogens is 228 g/mol. The van der Waals surface area contributed by atoms with Crippen LogP contribution in [-0.4, -0.2) is 38.2 Å². The van der Waals surface area contributed by atoms with Crippen LogP contribution in [0.3, 0.4) is 0 Å². The lowest BCUT2D eigenvalue weighted by molar-refractivity contribution is -0.667. The lowest BCUT2D eigenvalue weighted by Gasteiger charge is -2.34. The number of nitrogens with one attached hydrogen (secondary N) is 1. The zero-order valence-electron chi connectivity index (χ0n) is 10.9. The second-order valence-electron chi connectivity index (χ2n) is 4.63. The molecule has 5 nitrogen and oxygen atoms in total. The molecule has 0 bridgehead atoms. The molecule has 0 atom stereocenters. The lowest BCUT2D eigenvalue weighted by atomic mass is 9.73. The summed E-state index contributed by atoms with van der Waals surface area (Å²) in [7, 11) is 0. The summed E-state index contributed by atoms with van der Waals surface area (Å²) >= 11 is 0. The molecule has 0 unspecified atom stereocenters. The number of rotatable bonds is 0. The highest BCUT2D eigenvalue weighted by Gasteiger charge is 2.35. The Kier molecular flexibility index (Phi) is 6.28. The van der Waals surface area contributed by atoms with Gasteiger partial charge in [-0.15, -0.1) is 13.2 Å². The van der Waals surface area contributed by atoms with Crippen LogP contribution in [0.15, 0.2) is 23.1 Å². The van der Waals surface area contributed by atoms with Crippen molar-refractivity contribution in [3.8, 4) is 0 Å². The van der Waals surface area contributed by atoms with Gasteiger partial charge in [0.2, 0.25) is 5.91 Å². The van der Waals surface area contributed by atoms with Gasteiger partial charge in [0.25, 0.3) is 0 Å². The van der Waals surface area contributed by atoms with Gasteiger partial charge in [0.05, 0.1) is 13.1 Å². The summed E-state index contributed by atoms with van der Waals surface area (Å²) < 4.78 is 0. The third-order valence-electron chi connectivity index (χ3n) is 3.44. The molecule has 1 amide bonds. The Morgan fingerprint density at radius 1 is 1.33 bits per heavy atom. The number of nitrogens with two attached hydrogens (primary N) is 1. The molecule has 2 heterocycles. The molecule has 18 heavy (non-hydrogen) atoms. The minimum absolute atomic E-state index is 0.120. The summed E-state index contributed by atoms with van der Waals surface area (Å²) in [6, 6.07) is 0. The monoisotopic (exact) mass is 251 g/mol. The van der Waals surface area contributed by atoms with E-state index in [1.165, 1.54) is 6.34 Å². The average molecular weight is 251 g/mol. The van der Waals surface area contributed by atoms with Crippen LogP contribution in [0.4, 0.5) is 0 Å². The fourth-order valence-electron chi connectivity index (χ4n) is 2.46. The molecule has 2 rings (SSSR count). The summed E-state index contributed by atoms with van der Waals surface area (Å²) in [5.74, 6) is 0.120. The van der Waals surface area contributed by atoms with E-state index in [1.807, 2.05) is 6.21 Å². The Morgan fingerprint density at radius 2 is 2.06 bits per heavy atom. The first-order chi connectivity index (χ1) is 8.81. The summed E-state index contributed by atoms with van der Waals surface area (Å²) in [6.45, 7) is 8.59. The molecular formula is C13H23N4O+. The number of aliphatic imine (C=N–C) groups is 2. The van der Waals surface area contributed by atoms with Crippen molar-refractivity contribution in [3.63, 3.8) is 0 Å². The van der Waals surface area contributed by atoms with Crippen LogP contribution in [0.25, 0.3) is 0 Å². The predicted octanol–water partition coefficient (Wildman–Crippen LogP) is 0.0988. The van der Waals surface area contributed by atoms with Crippen LogP contribution >= 0.6 is 0 Å². The molecule has 5 heteroatoms. The van der Waals surface area contributed by atoms with Gasteiger partial charge in [-0.05, 0) is 11.8 Å². The molecule has 0 aromatic heterocycles. The Hall–Kier alpha value is -1.49. The van der Waals surface area contributed by atoms with Gasteiger partial charge in [0.1, 0.15) is 13.0 Å². The summed E-state index contributed by atoms with van der Waals surface area (Å²) in [5.41, 5.74) is 0.132. The Bertz CT molecular complexity index is 319. The maximum atomic E-state index is 11.7. The molecule has 0 aromatic rings. The minimum Gasteiger partial charge on any atom is -0.346 e. The third kappa shape index (κ3) is 4.41. The van der Waals surface area contributed by atoms with E-state index in [1.54, 1.807) is 0 Å². The van der Waals surface area contributed by atoms with E-state index < -0.39 is 0 Å². The van der Waals surface area contributed by atoms with Crippen LogP contribution in [0.5, 0.6) is 0 Å². The summed E-state index contributed by atoms with van der Waals surface area (Å²) in [4.78, 5) is 19.8. The third-order valence-corrected chi connectivity index (χ3v) is 3.44. The van der Waals surface area contributed by atoms with Crippen molar-refractivity contribution in [3.05, 3.63) is 13.2 Å². The van der Waals surface area contributed by atoms with Crippen molar-refractivity contribution < 1.29 is 10.1 Å². The van der Waals surface area contributed by atoms with Gasteiger partial charge in [0, 0.05) is 25.5 Å².